The van der Waals surface area contributed by atoms with Gasteiger partial charge in [-0.05, 0) is 30.5 Å². The van der Waals surface area contributed by atoms with Crippen LogP contribution in [0.5, 0.6) is 17.2 Å². The second kappa shape index (κ2) is 8.79. The molecule has 0 radical (unpaired) electrons. The zero-order valence-electron chi connectivity index (χ0n) is 16.2. The highest BCUT2D eigenvalue weighted by atomic mass is 32.1. The lowest BCUT2D eigenvalue weighted by Gasteiger charge is -2.18. The molecule has 0 aliphatic heterocycles. The van der Waals surface area contributed by atoms with Crippen LogP contribution >= 0.6 is 11.3 Å². The number of hydrogen-bond donors (Lipinski definition) is 0. The maximum atomic E-state index is 12.6. The summed E-state index contributed by atoms with van der Waals surface area (Å²) in [4.78, 5) is 15.0. The number of thiophene rings is 1. The Morgan fingerprint density at radius 1 is 1.14 bits per heavy atom. The summed E-state index contributed by atoms with van der Waals surface area (Å²) in [6, 6.07) is 9.08. The Balaban J connectivity index is 1.84. The number of methoxy groups -OCH3 is 3. The van der Waals surface area contributed by atoms with Gasteiger partial charge < -0.3 is 23.6 Å². The van der Waals surface area contributed by atoms with Crippen molar-refractivity contribution in [2.45, 2.75) is 13.5 Å². The summed E-state index contributed by atoms with van der Waals surface area (Å²) in [7, 11) is 4.67. The first kappa shape index (κ1) is 19.8. The molecule has 7 nitrogen and oxygen atoms in total. The minimum absolute atomic E-state index is 0.0187. The van der Waals surface area contributed by atoms with Crippen molar-refractivity contribution in [3.05, 3.63) is 46.3 Å². The van der Waals surface area contributed by atoms with E-state index >= 15 is 0 Å². The maximum absolute atomic E-state index is 12.6. The van der Waals surface area contributed by atoms with Crippen molar-refractivity contribution >= 4 is 17.2 Å². The van der Waals surface area contributed by atoms with E-state index in [0.717, 1.165) is 5.56 Å². The highest BCUT2D eigenvalue weighted by Crippen LogP contribution is 2.41. The van der Waals surface area contributed by atoms with Gasteiger partial charge in [0.1, 0.15) is 5.69 Å². The Labute approximate surface area is 167 Å². The minimum atomic E-state index is -0.0187. The van der Waals surface area contributed by atoms with Gasteiger partial charge in [-0.1, -0.05) is 11.2 Å². The molecule has 1 amide bonds. The first-order valence-corrected chi connectivity index (χ1v) is 9.58. The Bertz CT molecular complexity index is 911. The van der Waals surface area contributed by atoms with Gasteiger partial charge >= 0.3 is 0 Å². The number of amides is 1. The summed E-state index contributed by atoms with van der Waals surface area (Å²) >= 11 is 1.42. The van der Waals surface area contributed by atoms with Crippen molar-refractivity contribution in [1.29, 1.82) is 0 Å². The van der Waals surface area contributed by atoms with E-state index < -0.39 is 0 Å². The number of rotatable bonds is 8. The van der Waals surface area contributed by atoms with Crippen LogP contribution in [0.25, 0.3) is 11.3 Å². The fourth-order valence-electron chi connectivity index (χ4n) is 2.82. The second-order valence-corrected chi connectivity index (χ2v) is 6.84. The summed E-state index contributed by atoms with van der Waals surface area (Å²) in [5.41, 5.74) is 1.40. The smallest absolute Gasteiger partial charge is 0.264 e. The number of nitrogens with zero attached hydrogens (tertiary/aromatic N) is 2. The molecule has 8 heteroatoms. The summed E-state index contributed by atoms with van der Waals surface area (Å²) in [6.07, 6.45) is 0. The third kappa shape index (κ3) is 3.96. The number of ether oxygens (including phenoxy) is 3. The first-order chi connectivity index (χ1) is 13.6. The average Bonchev–Trinajstić information content (AvgIpc) is 3.42. The van der Waals surface area contributed by atoms with E-state index in [-0.39, 0.29) is 5.91 Å². The molecule has 0 bridgehead atoms. The molecule has 3 aromatic rings. The van der Waals surface area contributed by atoms with Gasteiger partial charge in [-0.15, -0.1) is 11.3 Å². The number of carbonyl (C=O) groups is 1. The van der Waals surface area contributed by atoms with Gasteiger partial charge in [0.2, 0.25) is 5.75 Å². The molecule has 3 rings (SSSR count). The SMILES string of the molecule is CCN(Cc1cc(-c2cc(OC)c(OC)c(OC)c2)on1)C(=O)c1cccs1. The Kier molecular flexibility index (Phi) is 6.20. The molecular formula is C20H22N2O5S. The molecule has 0 aliphatic rings. The molecule has 2 heterocycles. The fourth-order valence-corrected chi connectivity index (χ4v) is 3.52. The average molecular weight is 402 g/mol. The van der Waals surface area contributed by atoms with Crippen molar-refractivity contribution in [2.75, 3.05) is 27.9 Å². The molecule has 0 aliphatic carbocycles. The third-order valence-corrected chi connectivity index (χ3v) is 5.12. The van der Waals surface area contributed by atoms with Gasteiger partial charge in [-0.3, -0.25) is 4.79 Å². The van der Waals surface area contributed by atoms with E-state index in [9.17, 15) is 4.79 Å². The number of benzene rings is 1. The minimum Gasteiger partial charge on any atom is -0.493 e. The topological polar surface area (TPSA) is 74.0 Å². The van der Waals surface area contributed by atoms with Crippen LogP contribution in [0.4, 0.5) is 0 Å². The number of carbonyl (C=O) groups excluding carboxylic acids is 1. The predicted octanol–water partition coefficient (Wildman–Crippen LogP) is 4.09. The standard InChI is InChI=1S/C20H22N2O5S/c1-5-22(20(23)18-7-6-8-28-18)12-14-11-15(27-21-14)13-9-16(24-2)19(26-4)17(10-13)25-3/h6-11H,5,12H2,1-4H3. The van der Waals surface area contributed by atoms with Crippen molar-refractivity contribution in [2.24, 2.45) is 0 Å². The van der Waals surface area contributed by atoms with Crippen molar-refractivity contribution in [3.63, 3.8) is 0 Å². The Morgan fingerprint density at radius 3 is 2.39 bits per heavy atom. The highest BCUT2D eigenvalue weighted by Gasteiger charge is 2.19. The van der Waals surface area contributed by atoms with Gasteiger partial charge in [0, 0.05) is 18.2 Å². The van der Waals surface area contributed by atoms with E-state index in [4.69, 9.17) is 18.7 Å². The predicted molar refractivity (Wildman–Crippen MR) is 106 cm³/mol. The molecule has 0 unspecified atom stereocenters. The van der Waals surface area contributed by atoms with E-state index in [1.807, 2.05) is 30.5 Å². The van der Waals surface area contributed by atoms with Crippen LogP contribution in [-0.2, 0) is 6.54 Å². The molecule has 0 N–H and O–H groups in total. The van der Waals surface area contributed by atoms with Gasteiger partial charge in [0.25, 0.3) is 5.91 Å². The molecule has 0 spiro atoms. The normalized spacial score (nSPS) is 10.6. The molecule has 0 saturated heterocycles. The zero-order valence-corrected chi connectivity index (χ0v) is 17.0. The lowest BCUT2D eigenvalue weighted by atomic mass is 10.1. The van der Waals surface area contributed by atoms with Crippen LogP contribution in [-0.4, -0.2) is 43.8 Å². The third-order valence-electron chi connectivity index (χ3n) is 4.26. The van der Waals surface area contributed by atoms with Crippen molar-refractivity contribution in [1.82, 2.24) is 10.1 Å². The lowest BCUT2D eigenvalue weighted by Crippen LogP contribution is -2.29. The molecule has 28 heavy (non-hydrogen) atoms. The van der Waals surface area contributed by atoms with Crippen molar-refractivity contribution in [3.8, 4) is 28.6 Å². The zero-order chi connectivity index (χ0) is 20.1. The van der Waals surface area contributed by atoms with Crippen LogP contribution < -0.4 is 14.2 Å². The molecular weight excluding hydrogens is 380 g/mol. The highest BCUT2D eigenvalue weighted by molar-refractivity contribution is 7.12. The van der Waals surface area contributed by atoms with Gasteiger partial charge in [0.05, 0.1) is 32.8 Å². The van der Waals surface area contributed by atoms with Crippen LogP contribution in [0.3, 0.4) is 0 Å². The first-order valence-electron chi connectivity index (χ1n) is 8.70. The lowest BCUT2D eigenvalue weighted by molar-refractivity contribution is 0.0754. The second-order valence-electron chi connectivity index (χ2n) is 5.89. The molecule has 0 fully saturated rings. The van der Waals surface area contributed by atoms with E-state index in [2.05, 4.69) is 5.16 Å². The molecule has 0 atom stereocenters. The molecule has 2 aromatic heterocycles. The summed E-state index contributed by atoms with van der Waals surface area (Å²) in [6.45, 7) is 2.87. The van der Waals surface area contributed by atoms with Crippen molar-refractivity contribution < 1.29 is 23.5 Å². The number of aromatic nitrogens is 1. The van der Waals surface area contributed by atoms with Crippen LogP contribution in [0, 0.1) is 0 Å². The van der Waals surface area contributed by atoms with Gasteiger partial charge in [0.15, 0.2) is 17.3 Å². The summed E-state index contributed by atoms with van der Waals surface area (Å²) in [5, 5.41) is 6.01. The Hall–Kier alpha value is -3.00. The van der Waals surface area contributed by atoms with E-state index in [0.29, 0.717) is 46.7 Å². The van der Waals surface area contributed by atoms with Gasteiger partial charge in [-0.25, -0.2) is 0 Å². The Morgan fingerprint density at radius 2 is 1.86 bits per heavy atom. The summed E-state index contributed by atoms with van der Waals surface area (Å²) in [5.74, 6) is 2.09. The van der Waals surface area contributed by atoms with E-state index in [1.54, 1.807) is 38.4 Å². The maximum Gasteiger partial charge on any atom is 0.264 e. The quantitative estimate of drug-likeness (QED) is 0.565. The summed E-state index contributed by atoms with van der Waals surface area (Å²) < 4.78 is 21.6. The van der Waals surface area contributed by atoms with Crippen LogP contribution in [0.1, 0.15) is 22.3 Å². The fraction of sp³-hybridized carbons (Fsp3) is 0.300. The molecule has 1 aromatic carbocycles. The monoisotopic (exact) mass is 402 g/mol. The molecule has 0 saturated carbocycles. The number of hydrogen-bond acceptors (Lipinski definition) is 7. The largest absolute Gasteiger partial charge is 0.493 e. The van der Waals surface area contributed by atoms with Crippen LogP contribution in [0.2, 0.25) is 0 Å². The van der Waals surface area contributed by atoms with Gasteiger partial charge in [-0.2, -0.15) is 0 Å². The molecule has 148 valence electrons. The van der Waals surface area contributed by atoms with E-state index in [1.165, 1.54) is 11.3 Å². The van der Waals surface area contributed by atoms with Crippen LogP contribution in [0.15, 0.2) is 40.2 Å².